The average molecular weight is 320 g/mol. The van der Waals surface area contributed by atoms with Crippen LogP contribution >= 0.6 is 23.2 Å². The van der Waals surface area contributed by atoms with Crippen molar-refractivity contribution in [2.24, 2.45) is 4.99 Å². The Morgan fingerprint density at radius 2 is 1.90 bits per heavy atom. The van der Waals surface area contributed by atoms with E-state index in [0.29, 0.717) is 27.3 Å². The zero-order valence-corrected chi connectivity index (χ0v) is 12.7. The maximum absolute atomic E-state index is 12.0. The molecule has 0 saturated carbocycles. The van der Waals surface area contributed by atoms with Gasteiger partial charge in [0, 0.05) is 12.6 Å². The van der Waals surface area contributed by atoms with E-state index in [-0.39, 0.29) is 12.5 Å². The van der Waals surface area contributed by atoms with Gasteiger partial charge in [0.2, 0.25) is 5.91 Å². The quantitative estimate of drug-likeness (QED) is 0.758. The Morgan fingerprint density at radius 3 is 2.67 bits per heavy atom. The number of rotatable bonds is 1. The van der Waals surface area contributed by atoms with Gasteiger partial charge in [-0.05, 0) is 18.2 Å². The smallest absolute Gasteiger partial charge is 0.248 e. The maximum atomic E-state index is 12.0. The molecule has 4 nitrogen and oxygen atoms in total. The average Bonchev–Trinajstić information content (AvgIpc) is 2.59. The number of aliphatic imine (C=N–C) groups is 1. The summed E-state index contributed by atoms with van der Waals surface area (Å²) < 4.78 is 0. The fourth-order valence-electron chi connectivity index (χ4n) is 2.20. The molecule has 0 bridgehead atoms. The van der Waals surface area contributed by atoms with E-state index in [1.807, 2.05) is 18.2 Å². The summed E-state index contributed by atoms with van der Waals surface area (Å²) in [5, 5.41) is 0.900. The number of carbonyl (C=O) groups is 1. The van der Waals surface area contributed by atoms with E-state index in [0.717, 1.165) is 5.56 Å². The van der Waals surface area contributed by atoms with E-state index in [2.05, 4.69) is 9.98 Å². The number of halogens is 2. The van der Waals surface area contributed by atoms with Crippen molar-refractivity contribution in [2.45, 2.75) is 0 Å². The van der Waals surface area contributed by atoms with E-state index in [4.69, 9.17) is 23.2 Å². The van der Waals surface area contributed by atoms with E-state index in [1.54, 1.807) is 25.2 Å². The minimum absolute atomic E-state index is 0.0467. The summed E-state index contributed by atoms with van der Waals surface area (Å²) in [6.45, 7) is 0.0467. The van der Waals surface area contributed by atoms with Crippen molar-refractivity contribution in [1.82, 2.24) is 4.98 Å². The lowest BCUT2D eigenvalue weighted by Crippen LogP contribution is -2.28. The van der Waals surface area contributed by atoms with Gasteiger partial charge in [0.25, 0.3) is 0 Å². The van der Waals surface area contributed by atoms with Crippen LogP contribution in [0.2, 0.25) is 10.2 Å². The zero-order valence-electron chi connectivity index (χ0n) is 11.2. The minimum atomic E-state index is -0.109. The molecule has 0 aliphatic carbocycles. The Balaban J connectivity index is 2.26. The molecule has 0 radical (unpaired) electrons. The highest BCUT2D eigenvalue weighted by Gasteiger charge is 2.24. The summed E-state index contributed by atoms with van der Waals surface area (Å²) in [5.41, 5.74) is 2.54. The molecular formula is C15H11Cl2N3O. The number of pyridine rings is 1. The molecule has 6 heteroatoms. The highest BCUT2D eigenvalue weighted by Crippen LogP contribution is 2.28. The molecule has 0 atom stereocenters. The van der Waals surface area contributed by atoms with Crippen LogP contribution in [0.15, 0.2) is 41.4 Å². The third-order valence-electron chi connectivity index (χ3n) is 3.30. The number of hydrogen-bond acceptors (Lipinski definition) is 3. The summed E-state index contributed by atoms with van der Waals surface area (Å²) in [7, 11) is 1.70. The topological polar surface area (TPSA) is 45.6 Å². The molecular weight excluding hydrogens is 309 g/mol. The largest absolute Gasteiger partial charge is 0.312 e. The second-order valence-electron chi connectivity index (χ2n) is 4.60. The number of amides is 1. The van der Waals surface area contributed by atoms with Crippen LogP contribution in [0.25, 0.3) is 0 Å². The van der Waals surface area contributed by atoms with Crippen LogP contribution in [-0.4, -0.2) is 30.2 Å². The number of likely N-dealkylation sites (N-methyl/N-ethyl adjacent to an activating group) is 1. The Morgan fingerprint density at radius 1 is 1.14 bits per heavy atom. The van der Waals surface area contributed by atoms with Gasteiger partial charge in [0.05, 0.1) is 16.4 Å². The van der Waals surface area contributed by atoms with Crippen LogP contribution in [0.5, 0.6) is 0 Å². The predicted molar refractivity (Wildman–Crippen MR) is 84.6 cm³/mol. The first kappa shape index (κ1) is 14.0. The third kappa shape index (κ3) is 2.52. The van der Waals surface area contributed by atoms with Gasteiger partial charge in [-0.2, -0.15) is 0 Å². The summed E-state index contributed by atoms with van der Waals surface area (Å²) in [6, 6.07) is 10.8. The number of aromatic nitrogens is 1. The Labute approximate surface area is 132 Å². The van der Waals surface area contributed by atoms with Crippen LogP contribution in [0.1, 0.15) is 11.3 Å². The van der Waals surface area contributed by atoms with Gasteiger partial charge in [0.15, 0.2) is 0 Å². The van der Waals surface area contributed by atoms with E-state index < -0.39 is 0 Å². The monoisotopic (exact) mass is 319 g/mol. The Hall–Kier alpha value is -1.91. The fourth-order valence-corrected chi connectivity index (χ4v) is 2.57. The molecule has 1 aliphatic rings. The highest BCUT2D eigenvalue weighted by molar-refractivity contribution is 6.36. The van der Waals surface area contributed by atoms with Crippen molar-refractivity contribution in [1.29, 1.82) is 0 Å². The van der Waals surface area contributed by atoms with Gasteiger partial charge in [-0.25, -0.2) is 4.98 Å². The minimum Gasteiger partial charge on any atom is -0.312 e. The van der Waals surface area contributed by atoms with Crippen LogP contribution in [-0.2, 0) is 4.79 Å². The molecule has 0 spiro atoms. The second-order valence-corrected chi connectivity index (χ2v) is 5.39. The van der Waals surface area contributed by atoms with Crippen molar-refractivity contribution >= 4 is 40.5 Å². The van der Waals surface area contributed by atoms with Crippen molar-refractivity contribution in [3.05, 3.63) is 57.8 Å². The summed E-state index contributed by atoms with van der Waals surface area (Å²) in [5.74, 6) is -0.109. The van der Waals surface area contributed by atoms with E-state index in [9.17, 15) is 4.79 Å². The first-order valence-corrected chi connectivity index (χ1v) is 7.06. The molecule has 106 valence electrons. The molecule has 2 heterocycles. The second kappa shape index (κ2) is 5.47. The van der Waals surface area contributed by atoms with Gasteiger partial charge in [0.1, 0.15) is 17.4 Å². The van der Waals surface area contributed by atoms with Crippen LogP contribution in [0.3, 0.4) is 0 Å². The third-order valence-corrected chi connectivity index (χ3v) is 3.84. The van der Waals surface area contributed by atoms with Gasteiger partial charge in [-0.15, -0.1) is 0 Å². The summed E-state index contributed by atoms with van der Waals surface area (Å²) in [4.78, 5) is 22.3. The first-order valence-electron chi connectivity index (χ1n) is 6.31. The molecule has 1 amide bonds. The normalized spacial score (nSPS) is 14.5. The number of hydrogen-bond donors (Lipinski definition) is 0. The lowest BCUT2D eigenvalue weighted by atomic mass is 10.1. The van der Waals surface area contributed by atoms with Crippen molar-refractivity contribution in [2.75, 3.05) is 18.5 Å². The summed E-state index contributed by atoms with van der Waals surface area (Å²) in [6.07, 6.45) is 0. The molecule has 21 heavy (non-hydrogen) atoms. The van der Waals surface area contributed by atoms with E-state index >= 15 is 0 Å². The fraction of sp³-hybridized carbons (Fsp3) is 0.133. The van der Waals surface area contributed by atoms with Crippen LogP contribution in [0, 0.1) is 0 Å². The SMILES string of the molecule is CN1C(=O)CN=C(c2ccccc2Cl)c2nc(Cl)ccc21. The Bertz CT molecular complexity index is 758. The molecule has 0 saturated heterocycles. The molecule has 1 aliphatic heterocycles. The van der Waals surface area contributed by atoms with Crippen molar-refractivity contribution in [3.8, 4) is 0 Å². The molecule has 0 unspecified atom stereocenters. The Kier molecular flexibility index (Phi) is 3.66. The molecule has 1 aromatic carbocycles. The lowest BCUT2D eigenvalue weighted by molar-refractivity contribution is -0.116. The van der Waals surface area contributed by atoms with Gasteiger partial charge >= 0.3 is 0 Å². The highest BCUT2D eigenvalue weighted by atomic mass is 35.5. The molecule has 3 rings (SSSR count). The molecule has 0 fully saturated rings. The van der Waals surface area contributed by atoms with Gasteiger partial charge in [-0.3, -0.25) is 9.79 Å². The number of anilines is 1. The number of fused-ring (bicyclic) bond motifs is 1. The van der Waals surface area contributed by atoms with E-state index in [1.165, 1.54) is 4.90 Å². The van der Waals surface area contributed by atoms with Crippen molar-refractivity contribution < 1.29 is 4.79 Å². The number of nitrogens with zero attached hydrogens (tertiary/aromatic N) is 3. The first-order chi connectivity index (χ1) is 10.1. The van der Waals surface area contributed by atoms with Gasteiger partial charge < -0.3 is 4.90 Å². The summed E-state index contributed by atoms with van der Waals surface area (Å²) >= 11 is 12.3. The van der Waals surface area contributed by atoms with Crippen LogP contribution in [0.4, 0.5) is 5.69 Å². The standard InChI is InChI=1S/C15H11Cl2N3O/c1-20-11-6-7-12(17)19-15(11)14(18-8-13(20)21)9-4-2-3-5-10(9)16/h2-7H,8H2,1H3. The number of benzene rings is 1. The van der Waals surface area contributed by atoms with Gasteiger partial charge in [-0.1, -0.05) is 41.4 Å². The zero-order chi connectivity index (χ0) is 15.0. The molecule has 0 N–H and O–H groups in total. The molecule has 2 aromatic rings. The number of carbonyl (C=O) groups excluding carboxylic acids is 1. The van der Waals surface area contributed by atoms with Crippen LogP contribution < -0.4 is 4.90 Å². The predicted octanol–water partition coefficient (Wildman–Crippen LogP) is 3.20. The molecule has 1 aromatic heterocycles. The maximum Gasteiger partial charge on any atom is 0.248 e. The van der Waals surface area contributed by atoms with Crippen molar-refractivity contribution in [3.63, 3.8) is 0 Å². The lowest BCUT2D eigenvalue weighted by Gasteiger charge is -2.17.